The van der Waals surface area contributed by atoms with Gasteiger partial charge in [0.1, 0.15) is 0 Å². The molecule has 0 aliphatic carbocycles. The van der Waals surface area contributed by atoms with Gasteiger partial charge in [0, 0.05) is 24.9 Å². The Morgan fingerprint density at radius 3 is 2.61 bits per heavy atom. The third-order valence-electron chi connectivity index (χ3n) is 3.85. The number of benzene rings is 2. The Hall–Kier alpha value is -2.47. The van der Waals surface area contributed by atoms with Gasteiger partial charge in [0.05, 0.1) is 11.0 Å². The number of aryl methyl sites for hydroxylation is 1. The highest BCUT2D eigenvalue weighted by molar-refractivity contribution is 7.80. The Balaban J connectivity index is 2.14. The van der Waals surface area contributed by atoms with Gasteiger partial charge in [-0.25, -0.2) is 0 Å². The summed E-state index contributed by atoms with van der Waals surface area (Å²) in [6, 6.07) is 14.4. The summed E-state index contributed by atoms with van der Waals surface area (Å²) in [5.74, 6) is 0. The van der Waals surface area contributed by atoms with E-state index < -0.39 is 0 Å². The van der Waals surface area contributed by atoms with Crippen LogP contribution in [0.25, 0.3) is 0 Å². The van der Waals surface area contributed by atoms with E-state index >= 15 is 0 Å². The number of para-hydroxylation sites is 1. The second-order valence-corrected chi connectivity index (χ2v) is 5.77. The van der Waals surface area contributed by atoms with Crippen LogP contribution in [0.4, 0.5) is 11.4 Å². The summed E-state index contributed by atoms with van der Waals surface area (Å²) in [5, 5.41) is 14.7. The molecule has 2 rings (SSSR count). The van der Waals surface area contributed by atoms with E-state index in [1.165, 1.54) is 6.07 Å². The van der Waals surface area contributed by atoms with Crippen molar-refractivity contribution in [3.8, 4) is 0 Å². The van der Waals surface area contributed by atoms with Crippen molar-refractivity contribution >= 4 is 28.7 Å². The molecule has 0 radical (unpaired) electrons. The first-order valence-electron chi connectivity index (χ1n) is 7.24. The summed E-state index contributed by atoms with van der Waals surface area (Å²) in [6.45, 7) is 3.97. The van der Waals surface area contributed by atoms with Gasteiger partial charge >= 0.3 is 0 Å². The SMILES string of the molecule is Cc1ccccc1NC(=S)N(C)[C@@H](C)c1cccc([N+](=O)[O-])c1. The van der Waals surface area contributed by atoms with Crippen molar-refractivity contribution in [2.45, 2.75) is 19.9 Å². The number of nitro groups is 1. The normalized spacial score (nSPS) is 11.6. The van der Waals surface area contributed by atoms with Crippen molar-refractivity contribution in [2.75, 3.05) is 12.4 Å². The first kappa shape index (κ1) is 16.9. The highest BCUT2D eigenvalue weighted by atomic mass is 32.1. The Morgan fingerprint density at radius 2 is 1.96 bits per heavy atom. The fourth-order valence-electron chi connectivity index (χ4n) is 2.21. The van der Waals surface area contributed by atoms with Gasteiger partial charge < -0.3 is 10.2 Å². The van der Waals surface area contributed by atoms with Crippen LogP contribution in [0.3, 0.4) is 0 Å². The molecule has 0 heterocycles. The van der Waals surface area contributed by atoms with Crippen LogP contribution in [0.15, 0.2) is 48.5 Å². The zero-order valence-corrected chi connectivity index (χ0v) is 14.1. The molecule has 0 aliphatic heterocycles. The van der Waals surface area contributed by atoms with E-state index in [-0.39, 0.29) is 16.7 Å². The van der Waals surface area contributed by atoms with Crippen LogP contribution in [-0.2, 0) is 0 Å². The Labute approximate surface area is 141 Å². The van der Waals surface area contributed by atoms with Crippen molar-refractivity contribution in [2.24, 2.45) is 0 Å². The van der Waals surface area contributed by atoms with Gasteiger partial charge in [0.15, 0.2) is 5.11 Å². The van der Waals surface area contributed by atoms with Crippen molar-refractivity contribution in [1.29, 1.82) is 0 Å². The van der Waals surface area contributed by atoms with Crippen molar-refractivity contribution in [3.63, 3.8) is 0 Å². The average molecular weight is 329 g/mol. The first-order chi connectivity index (χ1) is 10.9. The smallest absolute Gasteiger partial charge is 0.269 e. The molecule has 1 atom stereocenters. The Morgan fingerprint density at radius 1 is 1.26 bits per heavy atom. The predicted octanol–water partition coefficient (Wildman–Crippen LogP) is 4.29. The van der Waals surface area contributed by atoms with Crippen LogP contribution >= 0.6 is 12.2 Å². The molecule has 1 N–H and O–H groups in total. The van der Waals surface area contributed by atoms with E-state index in [1.807, 2.05) is 56.1 Å². The highest BCUT2D eigenvalue weighted by Gasteiger charge is 2.17. The molecule has 0 unspecified atom stereocenters. The zero-order chi connectivity index (χ0) is 17.0. The lowest BCUT2D eigenvalue weighted by Gasteiger charge is -2.28. The molecule has 0 aliphatic rings. The van der Waals surface area contributed by atoms with Crippen LogP contribution < -0.4 is 5.32 Å². The molecule has 2 aromatic carbocycles. The topological polar surface area (TPSA) is 58.4 Å². The van der Waals surface area contributed by atoms with Gasteiger partial charge in [-0.2, -0.15) is 0 Å². The molecule has 0 saturated carbocycles. The third kappa shape index (κ3) is 4.04. The number of anilines is 1. The summed E-state index contributed by atoms with van der Waals surface area (Å²) in [7, 11) is 1.87. The Kier molecular flexibility index (Phi) is 5.28. The van der Waals surface area contributed by atoms with Gasteiger partial charge in [0.25, 0.3) is 5.69 Å². The molecule has 0 spiro atoms. The van der Waals surface area contributed by atoms with E-state index in [4.69, 9.17) is 12.2 Å². The van der Waals surface area contributed by atoms with Gasteiger partial charge in [-0.1, -0.05) is 30.3 Å². The summed E-state index contributed by atoms with van der Waals surface area (Å²) in [4.78, 5) is 12.4. The van der Waals surface area contributed by atoms with E-state index in [2.05, 4.69) is 5.32 Å². The molecule has 5 nitrogen and oxygen atoms in total. The summed E-state index contributed by atoms with van der Waals surface area (Å²) in [6.07, 6.45) is 0. The molecule has 0 saturated heterocycles. The molecule has 23 heavy (non-hydrogen) atoms. The third-order valence-corrected chi connectivity index (χ3v) is 4.24. The molecule has 0 fully saturated rings. The molecule has 6 heteroatoms. The number of hydrogen-bond acceptors (Lipinski definition) is 3. The standard InChI is InChI=1S/C17H19N3O2S/c1-12-7-4-5-10-16(12)18-17(23)19(3)13(2)14-8-6-9-15(11-14)20(21)22/h4-11,13H,1-3H3,(H,18,23)/t13-/m0/s1. The van der Waals surface area contributed by atoms with Crippen LogP contribution in [0, 0.1) is 17.0 Å². The number of nitrogens with zero attached hydrogens (tertiary/aromatic N) is 2. The van der Waals surface area contributed by atoms with Crippen LogP contribution in [-0.4, -0.2) is 22.0 Å². The maximum atomic E-state index is 10.9. The minimum Gasteiger partial charge on any atom is -0.345 e. The van der Waals surface area contributed by atoms with Crippen LogP contribution in [0.5, 0.6) is 0 Å². The molecule has 120 valence electrons. The largest absolute Gasteiger partial charge is 0.345 e. The van der Waals surface area contributed by atoms with Gasteiger partial charge in [-0.05, 0) is 43.3 Å². The monoisotopic (exact) mass is 329 g/mol. The number of rotatable bonds is 4. The molecular weight excluding hydrogens is 310 g/mol. The minimum atomic E-state index is -0.389. The molecular formula is C17H19N3O2S. The van der Waals surface area contributed by atoms with Crippen LogP contribution in [0.1, 0.15) is 24.1 Å². The lowest BCUT2D eigenvalue weighted by molar-refractivity contribution is -0.384. The first-order valence-corrected chi connectivity index (χ1v) is 7.64. The second-order valence-electron chi connectivity index (χ2n) is 5.38. The fraction of sp³-hybridized carbons (Fsp3) is 0.235. The minimum absolute atomic E-state index is 0.0838. The van der Waals surface area contributed by atoms with E-state index in [0.29, 0.717) is 5.11 Å². The summed E-state index contributed by atoms with van der Waals surface area (Å²) >= 11 is 5.46. The summed E-state index contributed by atoms with van der Waals surface area (Å²) in [5.41, 5.74) is 2.98. The number of thiocarbonyl (C=S) groups is 1. The van der Waals surface area contributed by atoms with Crippen molar-refractivity contribution in [1.82, 2.24) is 4.90 Å². The van der Waals surface area contributed by atoms with Gasteiger partial charge in [-0.3, -0.25) is 10.1 Å². The number of non-ortho nitro benzene ring substituents is 1. The number of hydrogen-bond donors (Lipinski definition) is 1. The number of nitrogens with one attached hydrogen (secondary N) is 1. The maximum absolute atomic E-state index is 10.9. The molecule has 2 aromatic rings. The van der Waals surface area contributed by atoms with Crippen LogP contribution in [0.2, 0.25) is 0 Å². The van der Waals surface area contributed by atoms with E-state index in [0.717, 1.165) is 16.8 Å². The molecule has 0 amide bonds. The van der Waals surface area contributed by atoms with Crippen molar-refractivity contribution < 1.29 is 4.92 Å². The highest BCUT2D eigenvalue weighted by Crippen LogP contribution is 2.24. The second kappa shape index (κ2) is 7.19. The predicted molar refractivity (Wildman–Crippen MR) is 96.7 cm³/mol. The summed E-state index contributed by atoms with van der Waals surface area (Å²) < 4.78 is 0. The molecule has 0 aromatic heterocycles. The lowest BCUT2D eigenvalue weighted by atomic mass is 10.1. The van der Waals surface area contributed by atoms with Crippen molar-refractivity contribution in [3.05, 3.63) is 69.8 Å². The van der Waals surface area contributed by atoms with Gasteiger partial charge in [-0.15, -0.1) is 0 Å². The molecule has 0 bridgehead atoms. The Bertz CT molecular complexity index is 733. The number of nitro benzene ring substituents is 1. The lowest BCUT2D eigenvalue weighted by Crippen LogP contribution is -2.33. The quantitative estimate of drug-likeness (QED) is 0.515. The van der Waals surface area contributed by atoms with Gasteiger partial charge in [0.2, 0.25) is 0 Å². The zero-order valence-electron chi connectivity index (χ0n) is 13.3. The average Bonchev–Trinajstić information content (AvgIpc) is 2.55. The fourth-order valence-corrected chi connectivity index (χ4v) is 2.48. The maximum Gasteiger partial charge on any atom is 0.269 e. The van der Waals surface area contributed by atoms with E-state index in [1.54, 1.807) is 12.1 Å². The van der Waals surface area contributed by atoms with E-state index in [9.17, 15) is 10.1 Å².